The predicted octanol–water partition coefficient (Wildman–Crippen LogP) is 1.46. The van der Waals surface area contributed by atoms with Gasteiger partial charge in [-0.25, -0.2) is 0 Å². The standard InChI is InChI=1S/C19H18N2O7/c1-12(22)25-8-6-20-18(23)14(21-19(24)16-3-2-7-26-16)9-13-4-5-15-17(10-13)28-11-27-15/h2-5,7,9-10H,6,8,11H2,1H3,(H,20,23)(H,21,24)/b14-9-. The maximum atomic E-state index is 12.5. The molecular formula is C19H18N2O7. The summed E-state index contributed by atoms with van der Waals surface area (Å²) >= 11 is 0. The van der Waals surface area contributed by atoms with Crippen molar-refractivity contribution in [1.82, 2.24) is 10.6 Å². The van der Waals surface area contributed by atoms with Crippen molar-refractivity contribution in [2.75, 3.05) is 19.9 Å². The van der Waals surface area contributed by atoms with Crippen LogP contribution in [0.5, 0.6) is 11.5 Å². The summed E-state index contributed by atoms with van der Waals surface area (Å²) in [7, 11) is 0. The molecule has 0 fully saturated rings. The van der Waals surface area contributed by atoms with E-state index in [2.05, 4.69) is 10.6 Å². The number of rotatable bonds is 7. The van der Waals surface area contributed by atoms with Crippen LogP contribution < -0.4 is 20.1 Å². The first kappa shape index (κ1) is 19.0. The fraction of sp³-hybridized carbons (Fsp3) is 0.211. The maximum Gasteiger partial charge on any atom is 0.302 e. The van der Waals surface area contributed by atoms with Gasteiger partial charge in [0.2, 0.25) is 6.79 Å². The smallest absolute Gasteiger partial charge is 0.302 e. The van der Waals surface area contributed by atoms with E-state index < -0.39 is 17.8 Å². The number of nitrogens with one attached hydrogen (secondary N) is 2. The molecule has 2 aromatic rings. The fourth-order valence-electron chi connectivity index (χ4n) is 2.37. The molecule has 0 radical (unpaired) electrons. The van der Waals surface area contributed by atoms with E-state index in [-0.39, 0.29) is 31.4 Å². The van der Waals surface area contributed by atoms with Crippen LogP contribution in [0, 0.1) is 0 Å². The molecule has 0 spiro atoms. The zero-order chi connectivity index (χ0) is 19.9. The van der Waals surface area contributed by atoms with Gasteiger partial charge in [-0.3, -0.25) is 14.4 Å². The van der Waals surface area contributed by atoms with E-state index in [4.69, 9.17) is 18.6 Å². The quantitative estimate of drug-likeness (QED) is 0.420. The molecule has 2 amide bonds. The van der Waals surface area contributed by atoms with E-state index in [1.54, 1.807) is 24.3 Å². The van der Waals surface area contributed by atoms with Gasteiger partial charge < -0.3 is 29.3 Å². The number of amides is 2. The second-order valence-corrected chi connectivity index (χ2v) is 5.70. The van der Waals surface area contributed by atoms with Crippen LogP contribution in [-0.4, -0.2) is 37.7 Å². The summed E-state index contributed by atoms with van der Waals surface area (Å²) in [5.74, 6) is -0.373. The Morgan fingerprint density at radius 1 is 1.18 bits per heavy atom. The minimum atomic E-state index is -0.577. The Balaban J connectivity index is 1.76. The molecule has 1 aromatic carbocycles. The first-order chi connectivity index (χ1) is 13.5. The second-order valence-electron chi connectivity index (χ2n) is 5.70. The molecule has 146 valence electrons. The fourth-order valence-corrected chi connectivity index (χ4v) is 2.37. The van der Waals surface area contributed by atoms with Crippen LogP contribution in [0.1, 0.15) is 23.0 Å². The molecule has 1 aliphatic rings. The summed E-state index contributed by atoms with van der Waals surface area (Å²) in [6.07, 6.45) is 2.85. The Morgan fingerprint density at radius 2 is 2.00 bits per heavy atom. The number of benzene rings is 1. The van der Waals surface area contributed by atoms with Gasteiger partial charge in [0.25, 0.3) is 11.8 Å². The highest BCUT2D eigenvalue weighted by atomic mass is 16.7. The third kappa shape index (κ3) is 4.91. The van der Waals surface area contributed by atoms with Gasteiger partial charge in [-0.1, -0.05) is 6.07 Å². The lowest BCUT2D eigenvalue weighted by molar-refractivity contribution is -0.141. The minimum Gasteiger partial charge on any atom is -0.464 e. The largest absolute Gasteiger partial charge is 0.464 e. The molecule has 28 heavy (non-hydrogen) atoms. The van der Waals surface area contributed by atoms with Gasteiger partial charge >= 0.3 is 5.97 Å². The maximum absolute atomic E-state index is 12.5. The Bertz CT molecular complexity index is 903. The highest BCUT2D eigenvalue weighted by molar-refractivity contribution is 6.04. The summed E-state index contributed by atoms with van der Waals surface area (Å²) in [5, 5.41) is 5.10. The monoisotopic (exact) mass is 386 g/mol. The van der Waals surface area contributed by atoms with Gasteiger partial charge in [-0.05, 0) is 35.9 Å². The lowest BCUT2D eigenvalue weighted by atomic mass is 10.1. The number of carbonyl (C=O) groups is 3. The molecule has 3 rings (SSSR count). The first-order valence-electron chi connectivity index (χ1n) is 8.40. The molecular weight excluding hydrogens is 368 g/mol. The molecule has 1 aliphatic heterocycles. The van der Waals surface area contributed by atoms with Crippen LogP contribution in [0.15, 0.2) is 46.7 Å². The van der Waals surface area contributed by atoms with Crippen LogP contribution in [0.25, 0.3) is 6.08 Å². The van der Waals surface area contributed by atoms with Gasteiger partial charge in [-0.2, -0.15) is 0 Å². The summed E-state index contributed by atoms with van der Waals surface area (Å²) in [6.45, 7) is 1.51. The highest BCUT2D eigenvalue weighted by Gasteiger charge is 2.18. The average molecular weight is 386 g/mol. The normalized spacial score (nSPS) is 12.4. The van der Waals surface area contributed by atoms with Crippen molar-refractivity contribution < 1.29 is 33.0 Å². The van der Waals surface area contributed by atoms with Crippen molar-refractivity contribution in [2.45, 2.75) is 6.92 Å². The van der Waals surface area contributed by atoms with Gasteiger partial charge in [0.15, 0.2) is 17.3 Å². The van der Waals surface area contributed by atoms with Crippen LogP contribution in [-0.2, 0) is 14.3 Å². The van der Waals surface area contributed by atoms with Crippen molar-refractivity contribution in [1.29, 1.82) is 0 Å². The number of ether oxygens (including phenoxy) is 3. The molecule has 0 saturated heterocycles. The number of fused-ring (bicyclic) bond motifs is 1. The topological polar surface area (TPSA) is 116 Å². The molecule has 1 aromatic heterocycles. The van der Waals surface area contributed by atoms with E-state index in [1.165, 1.54) is 25.3 Å². The van der Waals surface area contributed by atoms with Crippen molar-refractivity contribution in [3.8, 4) is 11.5 Å². The zero-order valence-corrected chi connectivity index (χ0v) is 15.0. The van der Waals surface area contributed by atoms with E-state index >= 15 is 0 Å². The number of esters is 1. The molecule has 0 unspecified atom stereocenters. The molecule has 9 nitrogen and oxygen atoms in total. The SMILES string of the molecule is CC(=O)OCCNC(=O)/C(=C/c1ccc2c(c1)OCO2)NC(=O)c1ccco1. The lowest BCUT2D eigenvalue weighted by Crippen LogP contribution is -2.36. The first-order valence-corrected chi connectivity index (χ1v) is 8.40. The Kier molecular flexibility index (Phi) is 5.95. The minimum absolute atomic E-state index is 0.0110. The van der Waals surface area contributed by atoms with Gasteiger partial charge in [0.1, 0.15) is 12.3 Å². The van der Waals surface area contributed by atoms with Crippen molar-refractivity contribution in [2.24, 2.45) is 0 Å². The van der Waals surface area contributed by atoms with E-state index in [1.807, 2.05) is 0 Å². The van der Waals surface area contributed by atoms with Crippen LogP contribution in [0.3, 0.4) is 0 Å². The number of furan rings is 1. The summed E-state index contributed by atoms with van der Waals surface area (Å²) < 4.78 is 20.4. The molecule has 0 bridgehead atoms. The molecule has 0 aliphatic carbocycles. The third-order valence-corrected chi connectivity index (χ3v) is 3.64. The summed E-state index contributed by atoms with van der Waals surface area (Å²) in [5.41, 5.74) is 0.609. The molecule has 0 saturated carbocycles. The predicted molar refractivity (Wildman–Crippen MR) is 96.4 cm³/mol. The average Bonchev–Trinajstić information content (AvgIpc) is 3.35. The van der Waals surface area contributed by atoms with Crippen molar-refractivity contribution in [3.05, 3.63) is 53.6 Å². The molecule has 2 N–H and O–H groups in total. The zero-order valence-electron chi connectivity index (χ0n) is 15.0. The third-order valence-electron chi connectivity index (χ3n) is 3.64. The number of hydrogen-bond donors (Lipinski definition) is 2. The van der Waals surface area contributed by atoms with Crippen molar-refractivity contribution >= 4 is 23.9 Å². The molecule has 0 atom stereocenters. The van der Waals surface area contributed by atoms with E-state index in [0.29, 0.717) is 17.1 Å². The van der Waals surface area contributed by atoms with Gasteiger partial charge in [-0.15, -0.1) is 0 Å². The summed E-state index contributed by atoms with van der Waals surface area (Å²) in [4.78, 5) is 35.6. The van der Waals surface area contributed by atoms with Crippen molar-refractivity contribution in [3.63, 3.8) is 0 Å². The summed E-state index contributed by atoms with van der Waals surface area (Å²) in [6, 6.07) is 8.16. The molecule has 9 heteroatoms. The molecule has 2 heterocycles. The van der Waals surface area contributed by atoms with E-state index in [9.17, 15) is 14.4 Å². The lowest BCUT2D eigenvalue weighted by Gasteiger charge is -2.10. The Labute approximate surface area is 160 Å². The van der Waals surface area contributed by atoms with E-state index in [0.717, 1.165) is 0 Å². The second kappa shape index (κ2) is 8.76. The van der Waals surface area contributed by atoms with Gasteiger partial charge in [0.05, 0.1) is 12.8 Å². The Hall–Kier alpha value is -3.75. The number of hydrogen-bond acceptors (Lipinski definition) is 7. The highest BCUT2D eigenvalue weighted by Crippen LogP contribution is 2.33. The van der Waals surface area contributed by atoms with Crippen LogP contribution >= 0.6 is 0 Å². The van der Waals surface area contributed by atoms with Crippen LogP contribution in [0.4, 0.5) is 0 Å². The van der Waals surface area contributed by atoms with Crippen LogP contribution in [0.2, 0.25) is 0 Å². The number of carbonyl (C=O) groups excluding carboxylic acids is 3. The Morgan fingerprint density at radius 3 is 2.75 bits per heavy atom. The van der Waals surface area contributed by atoms with Gasteiger partial charge in [0, 0.05) is 6.92 Å².